The molecule has 0 aliphatic rings. The summed E-state index contributed by atoms with van der Waals surface area (Å²) in [5.41, 5.74) is 0. The minimum atomic E-state index is 0.405. The van der Waals surface area contributed by atoms with Crippen molar-refractivity contribution >= 4 is 5.95 Å². The number of anilines is 1. The van der Waals surface area contributed by atoms with Crippen LogP contribution in [0.2, 0.25) is 0 Å². The summed E-state index contributed by atoms with van der Waals surface area (Å²) in [7, 11) is 1.61. The number of hydrogen-bond acceptors (Lipinski definition) is 4. The molecule has 1 aromatic heterocycles. The van der Waals surface area contributed by atoms with Crippen LogP contribution in [-0.2, 0) is 0 Å². The van der Waals surface area contributed by atoms with E-state index < -0.39 is 0 Å². The van der Waals surface area contributed by atoms with Gasteiger partial charge in [-0.2, -0.15) is 0 Å². The number of aromatic nitrogens is 2. The number of rotatable bonds is 7. The smallest absolute Gasteiger partial charge is 0.223 e. The lowest BCUT2D eigenvalue weighted by Crippen LogP contribution is -2.17. The normalized spacial score (nSPS) is 12.5. The van der Waals surface area contributed by atoms with Gasteiger partial charge < -0.3 is 10.1 Å². The van der Waals surface area contributed by atoms with Gasteiger partial charge in [0.25, 0.3) is 0 Å². The van der Waals surface area contributed by atoms with E-state index in [4.69, 9.17) is 4.74 Å². The van der Waals surface area contributed by atoms with Gasteiger partial charge in [-0.25, -0.2) is 9.97 Å². The van der Waals surface area contributed by atoms with E-state index in [1.165, 1.54) is 12.8 Å². The standard InChI is InChI=1S/C13H23N3O/c1-10(2)6-5-7-11(3)16-13-14-8-12(17-4)9-15-13/h8-11H,5-7H2,1-4H3,(H,14,15,16). The van der Waals surface area contributed by atoms with Crippen molar-refractivity contribution in [2.45, 2.75) is 46.1 Å². The third-order valence-corrected chi connectivity index (χ3v) is 2.66. The average Bonchev–Trinajstić information content (AvgIpc) is 2.29. The first-order valence-corrected chi connectivity index (χ1v) is 6.24. The Bertz CT molecular complexity index is 311. The Morgan fingerprint density at radius 3 is 2.35 bits per heavy atom. The fraction of sp³-hybridized carbons (Fsp3) is 0.692. The van der Waals surface area contributed by atoms with Crippen LogP contribution in [0.25, 0.3) is 0 Å². The topological polar surface area (TPSA) is 47.0 Å². The first-order chi connectivity index (χ1) is 8.11. The van der Waals surface area contributed by atoms with Crippen LogP contribution in [0.3, 0.4) is 0 Å². The number of methoxy groups -OCH3 is 1. The highest BCUT2D eigenvalue weighted by molar-refractivity contribution is 5.27. The Kier molecular flexibility index (Phi) is 5.73. The Labute approximate surface area is 104 Å². The van der Waals surface area contributed by atoms with Gasteiger partial charge in [-0.15, -0.1) is 0 Å². The summed E-state index contributed by atoms with van der Waals surface area (Å²) in [5, 5.41) is 3.29. The van der Waals surface area contributed by atoms with Crippen LogP contribution in [-0.4, -0.2) is 23.1 Å². The predicted molar refractivity (Wildman–Crippen MR) is 70.4 cm³/mol. The highest BCUT2D eigenvalue weighted by atomic mass is 16.5. The molecule has 0 aliphatic carbocycles. The maximum Gasteiger partial charge on any atom is 0.223 e. The molecule has 1 rings (SSSR count). The zero-order valence-electron chi connectivity index (χ0n) is 11.2. The van der Waals surface area contributed by atoms with Crippen molar-refractivity contribution in [1.82, 2.24) is 9.97 Å². The maximum absolute atomic E-state index is 5.01. The molecule has 4 nitrogen and oxygen atoms in total. The van der Waals surface area contributed by atoms with Crippen molar-refractivity contribution in [3.05, 3.63) is 12.4 Å². The van der Waals surface area contributed by atoms with Crippen LogP contribution in [0.1, 0.15) is 40.0 Å². The molecular formula is C13H23N3O. The third kappa shape index (κ3) is 5.52. The molecule has 0 saturated heterocycles. The summed E-state index contributed by atoms with van der Waals surface area (Å²) in [4.78, 5) is 8.37. The quantitative estimate of drug-likeness (QED) is 0.791. The Morgan fingerprint density at radius 1 is 1.18 bits per heavy atom. The molecule has 1 unspecified atom stereocenters. The van der Waals surface area contributed by atoms with Crippen LogP contribution < -0.4 is 10.1 Å². The fourth-order valence-electron chi connectivity index (χ4n) is 1.62. The van der Waals surface area contributed by atoms with Crippen molar-refractivity contribution in [2.24, 2.45) is 5.92 Å². The number of nitrogens with one attached hydrogen (secondary N) is 1. The molecule has 0 amide bonds. The van der Waals surface area contributed by atoms with Crippen molar-refractivity contribution in [1.29, 1.82) is 0 Å². The first kappa shape index (κ1) is 13.7. The summed E-state index contributed by atoms with van der Waals surface area (Å²) < 4.78 is 5.01. The SMILES string of the molecule is COc1cnc(NC(C)CCCC(C)C)nc1. The molecule has 1 atom stereocenters. The van der Waals surface area contributed by atoms with Gasteiger partial charge in [0.05, 0.1) is 19.5 Å². The summed E-state index contributed by atoms with van der Waals surface area (Å²) >= 11 is 0. The molecule has 1 N–H and O–H groups in total. The summed E-state index contributed by atoms with van der Waals surface area (Å²) in [6.07, 6.45) is 7.01. The van der Waals surface area contributed by atoms with Crippen LogP contribution in [0.5, 0.6) is 5.75 Å². The summed E-state index contributed by atoms with van der Waals surface area (Å²) in [6.45, 7) is 6.67. The minimum absolute atomic E-state index is 0.405. The van der Waals surface area contributed by atoms with Gasteiger partial charge in [-0.3, -0.25) is 0 Å². The van der Waals surface area contributed by atoms with E-state index in [0.29, 0.717) is 17.7 Å². The van der Waals surface area contributed by atoms with E-state index in [2.05, 4.69) is 36.1 Å². The lowest BCUT2D eigenvalue weighted by Gasteiger charge is -2.14. The molecule has 0 aliphatic heterocycles. The zero-order chi connectivity index (χ0) is 12.7. The molecule has 0 radical (unpaired) electrons. The molecule has 0 spiro atoms. The van der Waals surface area contributed by atoms with Gasteiger partial charge in [-0.05, 0) is 19.3 Å². The predicted octanol–water partition coefficient (Wildman–Crippen LogP) is 3.11. The number of hydrogen-bond donors (Lipinski definition) is 1. The zero-order valence-corrected chi connectivity index (χ0v) is 11.2. The Morgan fingerprint density at radius 2 is 1.82 bits per heavy atom. The molecule has 1 heterocycles. The van der Waals surface area contributed by atoms with E-state index in [0.717, 1.165) is 12.3 Å². The molecular weight excluding hydrogens is 214 g/mol. The highest BCUT2D eigenvalue weighted by Crippen LogP contribution is 2.12. The lowest BCUT2D eigenvalue weighted by atomic mass is 10.0. The average molecular weight is 237 g/mol. The van der Waals surface area contributed by atoms with Gasteiger partial charge in [0.2, 0.25) is 5.95 Å². The third-order valence-electron chi connectivity index (χ3n) is 2.66. The Balaban J connectivity index is 2.31. The van der Waals surface area contributed by atoms with Crippen molar-refractivity contribution < 1.29 is 4.74 Å². The molecule has 0 bridgehead atoms. The molecule has 1 aromatic rings. The molecule has 0 aromatic carbocycles. The van der Waals surface area contributed by atoms with Gasteiger partial charge in [0, 0.05) is 6.04 Å². The van der Waals surface area contributed by atoms with Crippen LogP contribution >= 0.6 is 0 Å². The number of ether oxygens (including phenoxy) is 1. The number of nitrogens with zero attached hydrogens (tertiary/aromatic N) is 2. The first-order valence-electron chi connectivity index (χ1n) is 6.24. The highest BCUT2D eigenvalue weighted by Gasteiger charge is 2.04. The Hall–Kier alpha value is -1.32. The van der Waals surface area contributed by atoms with Gasteiger partial charge >= 0.3 is 0 Å². The van der Waals surface area contributed by atoms with E-state index in [9.17, 15) is 0 Å². The molecule has 96 valence electrons. The van der Waals surface area contributed by atoms with Gasteiger partial charge in [-0.1, -0.05) is 26.7 Å². The molecule has 4 heteroatoms. The van der Waals surface area contributed by atoms with Crippen LogP contribution in [0.4, 0.5) is 5.95 Å². The summed E-state index contributed by atoms with van der Waals surface area (Å²) in [6, 6.07) is 0.405. The molecule has 0 saturated carbocycles. The van der Waals surface area contributed by atoms with Gasteiger partial charge in [0.15, 0.2) is 5.75 Å². The van der Waals surface area contributed by atoms with E-state index in [1.54, 1.807) is 19.5 Å². The van der Waals surface area contributed by atoms with Gasteiger partial charge in [0.1, 0.15) is 0 Å². The lowest BCUT2D eigenvalue weighted by molar-refractivity contribution is 0.411. The van der Waals surface area contributed by atoms with Crippen molar-refractivity contribution in [3.8, 4) is 5.75 Å². The van der Waals surface area contributed by atoms with Crippen molar-refractivity contribution in [2.75, 3.05) is 12.4 Å². The van der Waals surface area contributed by atoms with E-state index in [1.807, 2.05) is 0 Å². The minimum Gasteiger partial charge on any atom is -0.494 e. The molecule has 17 heavy (non-hydrogen) atoms. The monoisotopic (exact) mass is 237 g/mol. The molecule has 0 fully saturated rings. The van der Waals surface area contributed by atoms with E-state index >= 15 is 0 Å². The second-order valence-corrected chi connectivity index (χ2v) is 4.82. The second kappa shape index (κ2) is 7.09. The maximum atomic E-state index is 5.01. The fourth-order valence-corrected chi connectivity index (χ4v) is 1.62. The summed E-state index contributed by atoms with van der Waals surface area (Å²) in [5.74, 6) is 2.13. The second-order valence-electron chi connectivity index (χ2n) is 4.82. The van der Waals surface area contributed by atoms with Crippen LogP contribution in [0, 0.1) is 5.92 Å². The largest absolute Gasteiger partial charge is 0.494 e. The van der Waals surface area contributed by atoms with E-state index in [-0.39, 0.29) is 0 Å². The van der Waals surface area contributed by atoms with Crippen LogP contribution in [0.15, 0.2) is 12.4 Å². The van der Waals surface area contributed by atoms with Crippen molar-refractivity contribution in [3.63, 3.8) is 0 Å².